The Kier molecular flexibility index (Phi) is 6.15. The molecule has 0 radical (unpaired) electrons. The van der Waals surface area contributed by atoms with Gasteiger partial charge in [0.2, 0.25) is 0 Å². The van der Waals surface area contributed by atoms with Crippen LogP contribution in [-0.4, -0.2) is 36.6 Å². The van der Waals surface area contributed by atoms with Crippen LogP contribution in [0.25, 0.3) is 0 Å². The average Bonchev–Trinajstić information content (AvgIpc) is 2.88. The third kappa shape index (κ3) is 4.75. The molecule has 0 amide bonds. The van der Waals surface area contributed by atoms with E-state index in [1.54, 1.807) is 0 Å². The fourth-order valence-corrected chi connectivity index (χ4v) is 4.21. The quantitative estimate of drug-likeness (QED) is 0.789. The normalized spacial score (nSPS) is 32.4. The van der Waals surface area contributed by atoms with Crippen molar-refractivity contribution in [2.24, 2.45) is 11.8 Å². The topological polar surface area (TPSA) is 15.3 Å². The molecule has 1 N–H and O–H groups in total. The fourth-order valence-electron chi connectivity index (χ4n) is 4.21. The van der Waals surface area contributed by atoms with Gasteiger partial charge in [0.05, 0.1) is 0 Å². The van der Waals surface area contributed by atoms with Crippen LogP contribution < -0.4 is 5.32 Å². The van der Waals surface area contributed by atoms with Crippen LogP contribution >= 0.6 is 0 Å². The molecule has 1 saturated heterocycles. The van der Waals surface area contributed by atoms with Crippen molar-refractivity contribution in [2.45, 2.75) is 77.8 Å². The molecule has 0 bridgehead atoms. The van der Waals surface area contributed by atoms with Crippen LogP contribution in [0, 0.1) is 11.8 Å². The highest BCUT2D eigenvalue weighted by Gasteiger charge is 2.28. The molecule has 1 aliphatic heterocycles. The first kappa shape index (κ1) is 15.3. The van der Waals surface area contributed by atoms with Gasteiger partial charge in [-0.3, -0.25) is 4.90 Å². The van der Waals surface area contributed by atoms with Crippen molar-refractivity contribution >= 4 is 0 Å². The monoisotopic (exact) mass is 266 g/mol. The highest BCUT2D eigenvalue weighted by Crippen LogP contribution is 2.32. The summed E-state index contributed by atoms with van der Waals surface area (Å²) in [4.78, 5) is 2.77. The van der Waals surface area contributed by atoms with Crippen LogP contribution in [0.3, 0.4) is 0 Å². The SMILES string of the molecule is CCN(CC1CCCN1)C1CCCC(CC(C)C)C1. The first-order valence-electron chi connectivity index (χ1n) is 8.66. The Morgan fingerprint density at radius 2 is 2.00 bits per heavy atom. The van der Waals surface area contributed by atoms with Crippen molar-refractivity contribution in [3.8, 4) is 0 Å². The molecular weight excluding hydrogens is 232 g/mol. The van der Waals surface area contributed by atoms with E-state index in [1.807, 2.05) is 0 Å². The molecule has 0 aromatic carbocycles. The summed E-state index contributed by atoms with van der Waals surface area (Å²) in [6.45, 7) is 10.9. The van der Waals surface area contributed by atoms with E-state index in [0.29, 0.717) is 0 Å². The molecule has 2 nitrogen and oxygen atoms in total. The van der Waals surface area contributed by atoms with E-state index in [0.717, 1.165) is 23.9 Å². The third-order valence-electron chi connectivity index (χ3n) is 5.10. The van der Waals surface area contributed by atoms with Gasteiger partial charge in [0.1, 0.15) is 0 Å². The molecular formula is C17H34N2. The van der Waals surface area contributed by atoms with Crippen molar-refractivity contribution in [1.82, 2.24) is 10.2 Å². The Bertz CT molecular complexity index is 246. The number of rotatable bonds is 6. The zero-order valence-corrected chi connectivity index (χ0v) is 13.3. The van der Waals surface area contributed by atoms with Crippen molar-refractivity contribution in [3.05, 3.63) is 0 Å². The van der Waals surface area contributed by atoms with Crippen molar-refractivity contribution in [2.75, 3.05) is 19.6 Å². The molecule has 2 heteroatoms. The van der Waals surface area contributed by atoms with Gasteiger partial charge in [0.25, 0.3) is 0 Å². The third-order valence-corrected chi connectivity index (χ3v) is 5.10. The summed E-state index contributed by atoms with van der Waals surface area (Å²) in [6.07, 6.45) is 10.0. The lowest BCUT2D eigenvalue weighted by Gasteiger charge is -2.38. The van der Waals surface area contributed by atoms with Gasteiger partial charge in [-0.2, -0.15) is 0 Å². The van der Waals surface area contributed by atoms with Crippen LogP contribution in [0.4, 0.5) is 0 Å². The highest BCUT2D eigenvalue weighted by molar-refractivity contribution is 4.85. The van der Waals surface area contributed by atoms with Crippen molar-refractivity contribution in [3.63, 3.8) is 0 Å². The van der Waals surface area contributed by atoms with Crippen molar-refractivity contribution in [1.29, 1.82) is 0 Å². The van der Waals surface area contributed by atoms with E-state index in [9.17, 15) is 0 Å². The summed E-state index contributed by atoms with van der Waals surface area (Å²) in [7, 11) is 0. The maximum Gasteiger partial charge on any atom is 0.0195 e. The molecule has 2 fully saturated rings. The molecule has 1 saturated carbocycles. The second-order valence-electron chi connectivity index (χ2n) is 7.20. The lowest BCUT2D eigenvalue weighted by Crippen LogP contribution is -2.45. The molecule has 0 aromatic rings. The molecule has 1 heterocycles. The summed E-state index contributed by atoms with van der Waals surface area (Å²) in [5, 5.41) is 3.66. The van der Waals surface area contributed by atoms with E-state index < -0.39 is 0 Å². The predicted molar refractivity (Wildman–Crippen MR) is 83.5 cm³/mol. The highest BCUT2D eigenvalue weighted by atomic mass is 15.2. The summed E-state index contributed by atoms with van der Waals surface area (Å²) >= 11 is 0. The van der Waals surface area contributed by atoms with Gasteiger partial charge in [-0.05, 0) is 57.0 Å². The van der Waals surface area contributed by atoms with Crippen LogP contribution in [0.2, 0.25) is 0 Å². The molecule has 19 heavy (non-hydrogen) atoms. The first-order valence-corrected chi connectivity index (χ1v) is 8.66. The van der Waals surface area contributed by atoms with Crippen LogP contribution in [-0.2, 0) is 0 Å². The van der Waals surface area contributed by atoms with Crippen LogP contribution in [0.5, 0.6) is 0 Å². The molecule has 112 valence electrons. The molecule has 0 spiro atoms. The van der Waals surface area contributed by atoms with Crippen LogP contribution in [0.1, 0.15) is 65.7 Å². The lowest BCUT2D eigenvalue weighted by atomic mass is 9.80. The molecule has 3 atom stereocenters. The second-order valence-corrected chi connectivity index (χ2v) is 7.20. The number of hydrogen-bond donors (Lipinski definition) is 1. The zero-order valence-electron chi connectivity index (χ0n) is 13.3. The van der Waals surface area contributed by atoms with Crippen LogP contribution in [0.15, 0.2) is 0 Å². The van der Waals surface area contributed by atoms with Crippen molar-refractivity contribution < 1.29 is 0 Å². The number of likely N-dealkylation sites (N-methyl/N-ethyl adjacent to an activating group) is 1. The maximum absolute atomic E-state index is 3.66. The minimum Gasteiger partial charge on any atom is -0.313 e. The van der Waals surface area contributed by atoms with Gasteiger partial charge in [-0.25, -0.2) is 0 Å². The molecule has 0 aromatic heterocycles. The van der Waals surface area contributed by atoms with E-state index >= 15 is 0 Å². The summed E-state index contributed by atoms with van der Waals surface area (Å²) in [5.74, 6) is 1.86. The number of hydrogen-bond acceptors (Lipinski definition) is 2. The molecule has 2 rings (SSSR count). The second kappa shape index (κ2) is 7.64. The predicted octanol–water partition coefficient (Wildman–Crippen LogP) is 3.67. The Labute approximate surface area is 120 Å². The number of nitrogens with one attached hydrogen (secondary N) is 1. The maximum atomic E-state index is 3.66. The fraction of sp³-hybridized carbons (Fsp3) is 1.00. The van der Waals surface area contributed by atoms with Gasteiger partial charge < -0.3 is 5.32 Å². The minimum atomic E-state index is 0.769. The zero-order chi connectivity index (χ0) is 13.7. The average molecular weight is 266 g/mol. The van der Waals surface area contributed by atoms with E-state index in [-0.39, 0.29) is 0 Å². The summed E-state index contributed by atoms with van der Waals surface area (Å²) in [5.41, 5.74) is 0. The smallest absolute Gasteiger partial charge is 0.0195 e. The Balaban J connectivity index is 1.82. The lowest BCUT2D eigenvalue weighted by molar-refractivity contribution is 0.119. The minimum absolute atomic E-state index is 0.769. The first-order chi connectivity index (χ1) is 9.19. The molecule has 3 unspecified atom stereocenters. The number of nitrogens with zero attached hydrogens (tertiary/aromatic N) is 1. The molecule has 1 aliphatic carbocycles. The standard InChI is InChI=1S/C17H34N2/c1-4-19(13-16-8-6-10-18-16)17-9-5-7-15(12-17)11-14(2)3/h14-18H,4-13H2,1-3H3. The van der Waals surface area contributed by atoms with Gasteiger partial charge in [0.15, 0.2) is 0 Å². The summed E-state index contributed by atoms with van der Waals surface area (Å²) < 4.78 is 0. The van der Waals surface area contributed by atoms with E-state index in [1.165, 1.54) is 64.6 Å². The van der Waals surface area contributed by atoms with Gasteiger partial charge in [0, 0.05) is 18.6 Å². The Hall–Kier alpha value is -0.0800. The van der Waals surface area contributed by atoms with Gasteiger partial charge in [-0.15, -0.1) is 0 Å². The Morgan fingerprint density at radius 1 is 1.16 bits per heavy atom. The van der Waals surface area contributed by atoms with Gasteiger partial charge >= 0.3 is 0 Å². The largest absolute Gasteiger partial charge is 0.313 e. The van der Waals surface area contributed by atoms with E-state index in [2.05, 4.69) is 31.0 Å². The summed E-state index contributed by atoms with van der Waals surface area (Å²) in [6, 6.07) is 1.63. The van der Waals surface area contributed by atoms with Gasteiger partial charge in [-0.1, -0.05) is 33.6 Å². The Morgan fingerprint density at radius 3 is 2.63 bits per heavy atom. The van der Waals surface area contributed by atoms with E-state index in [4.69, 9.17) is 0 Å². The molecule has 2 aliphatic rings.